The van der Waals surface area contributed by atoms with E-state index in [1.807, 2.05) is 19.1 Å². The molecule has 0 saturated carbocycles. The standard InChI is InChI=1S/C18H17ClN2O2/c1-2-21-11-16-14(4-3-5-15(16)18(21)23)17(22)20-10-12-6-8-13(19)9-7-12/h3-9H,2,10-11H2,1H3,(H,20,22). The predicted octanol–water partition coefficient (Wildman–Crippen LogP) is 3.25. The summed E-state index contributed by atoms with van der Waals surface area (Å²) in [5.74, 6) is -0.169. The Bertz CT molecular complexity index is 756. The van der Waals surface area contributed by atoms with Crippen LogP contribution in [0.15, 0.2) is 42.5 Å². The van der Waals surface area contributed by atoms with Crippen LogP contribution in [-0.4, -0.2) is 23.3 Å². The van der Waals surface area contributed by atoms with Crippen LogP contribution in [0, 0.1) is 0 Å². The van der Waals surface area contributed by atoms with E-state index < -0.39 is 0 Å². The first-order chi connectivity index (χ1) is 11.1. The van der Waals surface area contributed by atoms with E-state index in [1.54, 1.807) is 35.2 Å². The van der Waals surface area contributed by atoms with Gasteiger partial charge in [-0.05, 0) is 42.3 Å². The van der Waals surface area contributed by atoms with Gasteiger partial charge in [0.1, 0.15) is 0 Å². The van der Waals surface area contributed by atoms with Crippen LogP contribution < -0.4 is 5.32 Å². The number of nitrogens with zero attached hydrogens (tertiary/aromatic N) is 1. The summed E-state index contributed by atoms with van der Waals surface area (Å²) in [5, 5.41) is 3.57. The molecule has 0 aromatic heterocycles. The Morgan fingerprint density at radius 3 is 2.65 bits per heavy atom. The van der Waals surface area contributed by atoms with Crippen molar-refractivity contribution in [3.63, 3.8) is 0 Å². The first-order valence-corrected chi connectivity index (χ1v) is 7.91. The minimum atomic E-state index is -0.164. The van der Waals surface area contributed by atoms with Gasteiger partial charge in [0.05, 0.1) is 0 Å². The van der Waals surface area contributed by atoms with Crippen LogP contribution in [0.25, 0.3) is 0 Å². The van der Waals surface area contributed by atoms with Crippen molar-refractivity contribution in [3.05, 3.63) is 69.7 Å². The highest BCUT2D eigenvalue weighted by Crippen LogP contribution is 2.25. The molecule has 118 valence electrons. The number of hydrogen-bond acceptors (Lipinski definition) is 2. The van der Waals surface area contributed by atoms with E-state index in [4.69, 9.17) is 11.6 Å². The van der Waals surface area contributed by atoms with Gasteiger partial charge in [-0.1, -0.05) is 29.8 Å². The van der Waals surface area contributed by atoms with Crippen LogP contribution in [0.1, 0.15) is 38.8 Å². The molecule has 4 nitrogen and oxygen atoms in total. The van der Waals surface area contributed by atoms with E-state index in [0.29, 0.717) is 35.8 Å². The molecule has 23 heavy (non-hydrogen) atoms. The van der Waals surface area contributed by atoms with Gasteiger partial charge >= 0.3 is 0 Å². The molecule has 1 N–H and O–H groups in total. The van der Waals surface area contributed by atoms with Crippen LogP contribution in [0.2, 0.25) is 5.02 Å². The van der Waals surface area contributed by atoms with Gasteiger partial charge in [-0.25, -0.2) is 0 Å². The van der Waals surface area contributed by atoms with Crippen molar-refractivity contribution >= 4 is 23.4 Å². The molecule has 0 aliphatic carbocycles. The second-order valence-electron chi connectivity index (χ2n) is 5.46. The molecule has 0 unspecified atom stereocenters. The van der Waals surface area contributed by atoms with Gasteiger partial charge in [-0.15, -0.1) is 0 Å². The number of benzene rings is 2. The van der Waals surface area contributed by atoms with Gasteiger partial charge in [-0.3, -0.25) is 9.59 Å². The lowest BCUT2D eigenvalue weighted by Gasteiger charge is -2.12. The molecule has 2 amide bonds. The lowest BCUT2D eigenvalue weighted by Crippen LogP contribution is -2.24. The Labute approximate surface area is 140 Å². The molecule has 2 aromatic rings. The van der Waals surface area contributed by atoms with Crippen LogP contribution >= 0.6 is 11.6 Å². The van der Waals surface area contributed by atoms with Crippen molar-refractivity contribution in [2.24, 2.45) is 0 Å². The predicted molar refractivity (Wildman–Crippen MR) is 89.5 cm³/mol. The van der Waals surface area contributed by atoms with Crippen molar-refractivity contribution in [1.82, 2.24) is 10.2 Å². The summed E-state index contributed by atoms with van der Waals surface area (Å²) in [6.45, 7) is 3.49. The summed E-state index contributed by atoms with van der Waals surface area (Å²) in [5.41, 5.74) is 2.99. The monoisotopic (exact) mass is 328 g/mol. The molecule has 5 heteroatoms. The minimum absolute atomic E-state index is 0.00477. The zero-order chi connectivity index (χ0) is 16.4. The molecule has 0 spiro atoms. The van der Waals surface area contributed by atoms with Gasteiger partial charge in [0.15, 0.2) is 0 Å². The normalized spacial score (nSPS) is 13.1. The Kier molecular flexibility index (Phi) is 4.35. The summed E-state index contributed by atoms with van der Waals surface area (Å²) in [6.07, 6.45) is 0. The molecule has 1 aliphatic heterocycles. The van der Waals surface area contributed by atoms with Crippen molar-refractivity contribution < 1.29 is 9.59 Å². The van der Waals surface area contributed by atoms with Gasteiger partial charge in [0.2, 0.25) is 0 Å². The van der Waals surface area contributed by atoms with Crippen molar-refractivity contribution in [3.8, 4) is 0 Å². The van der Waals surface area contributed by atoms with E-state index in [0.717, 1.165) is 11.1 Å². The van der Waals surface area contributed by atoms with E-state index >= 15 is 0 Å². The lowest BCUT2D eigenvalue weighted by molar-refractivity contribution is 0.0786. The van der Waals surface area contributed by atoms with Gasteiger partial charge in [-0.2, -0.15) is 0 Å². The molecule has 0 radical (unpaired) electrons. The van der Waals surface area contributed by atoms with Crippen LogP contribution in [0.4, 0.5) is 0 Å². The largest absolute Gasteiger partial charge is 0.348 e. The average Bonchev–Trinajstić information content (AvgIpc) is 2.90. The van der Waals surface area contributed by atoms with Crippen LogP contribution in [-0.2, 0) is 13.1 Å². The SMILES string of the molecule is CCN1Cc2c(C(=O)NCc3ccc(Cl)cc3)cccc2C1=O. The van der Waals surface area contributed by atoms with E-state index in [1.165, 1.54) is 0 Å². The number of amides is 2. The highest BCUT2D eigenvalue weighted by atomic mass is 35.5. The van der Waals surface area contributed by atoms with E-state index in [2.05, 4.69) is 5.32 Å². The smallest absolute Gasteiger partial charge is 0.254 e. The number of hydrogen-bond donors (Lipinski definition) is 1. The third kappa shape index (κ3) is 3.08. The highest BCUT2D eigenvalue weighted by Gasteiger charge is 2.29. The number of fused-ring (bicyclic) bond motifs is 1. The maximum Gasteiger partial charge on any atom is 0.254 e. The summed E-state index contributed by atoms with van der Waals surface area (Å²) in [6, 6.07) is 12.6. The third-order valence-corrected chi connectivity index (χ3v) is 4.29. The number of rotatable bonds is 4. The van der Waals surface area contributed by atoms with Gasteiger partial charge in [0.25, 0.3) is 11.8 Å². The zero-order valence-corrected chi connectivity index (χ0v) is 13.6. The molecule has 0 saturated heterocycles. The fraction of sp³-hybridized carbons (Fsp3) is 0.222. The Hall–Kier alpha value is -2.33. The Morgan fingerprint density at radius 2 is 1.96 bits per heavy atom. The summed E-state index contributed by atoms with van der Waals surface area (Å²) >= 11 is 5.85. The average molecular weight is 329 g/mol. The maximum absolute atomic E-state index is 12.5. The number of halogens is 1. The fourth-order valence-corrected chi connectivity index (χ4v) is 2.86. The summed E-state index contributed by atoms with van der Waals surface area (Å²) in [4.78, 5) is 26.4. The molecule has 1 aliphatic rings. The summed E-state index contributed by atoms with van der Waals surface area (Å²) in [7, 11) is 0. The minimum Gasteiger partial charge on any atom is -0.348 e. The van der Waals surface area contributed by atoms with Crippen molar-refractivity contribution in [2.45, 2.75) is 20.0 Å². The second kappa shape index (κ2) is 6.42. The van der Waals surface area contributed by atoms with Crippen LogP contribution in [0.5, 0.6) is 0 Å². The third-order valence-electron chi connectivity index (χ3n) is 4.04. The molecule has 0 atom stereocenters. The molecule has 3 rings (SSSR count). The lowest BCUT2D eigenvalue weighted by atomic mass is 10.0. The maximum atomic E-state index is 12.5. The van der Waals surface area contributed by atoms with Crippen molar-refractivity contribution in [2.75, 3.05) is 6.54 Å². The second-order valence-corrected chi connectivity index (χ2v) is 5.90. The number of carbonyl (C=O) groups excluding carboxylic acids is 2. The number of carbonyl (C=O) groups is 2. The number of nitrogens with one attached hydrogen (secondary N) is 1. The molecular weight excluding hydrogens is 312 g/mol. The van der Waals surface area contributed by atoms with Crippen LogP contribution in [0.3, 0.4) is 0 Å². The Balaban J connectivity index is 1.76. The Morgan fingerprint density at radius 1 is 1.22 bits per heavy atom. The molecule has 0 bridgehead atoms. The fourth-order valence-electron chi connectivity index (χ4n) is 2.74. The molecule has 2 aromatic carbocycles. The highest BCUT2D eigenvalue weighted by molar-refractivity contribution is 6.30. The first-order valence-electron chi connectivity index (χ1n) is 7.54. The van der Waals surface area contributed by atoms with Gasteiger partial charge < -0.3 is 10.2 Å². The molecule has 1 heterocycles. The summed E-state index contributed by atoms with van der Waals surface area (Å²) < 4.78 is 0. The first kappa shape index (κ1) is 15.6. The topological polar surface area (TPSA) is 49.4 Å². The van der Waals surface area contributed by atoms with E-state index in [-0.39, 0.29) is 11.8 Å². The molecule has 0 fully saturated rings. The van der Waals surface area contributed by atoms with Crippen molar-refractivity contribution in [1.29, 1.82) is 0 Å². The van der Waals surface area contributed by atoms with E-state index in [9.17, 15) is 9.59 Å². The van der Waals surface area contributed by atoms with Gasteiger partial charge in [0, 0.05) is 35.8 Å². The quantitative estimate of drug-likeness (QED) is 0.936. The zero-order valence-electron chi connectivity index (χ0n) is 12.8. The molecular formula is C18H17ClN2O2.